The van der Waals surface area contributed by atoms with Crippen molar-refractivity contribution in [1.82, 2.24) is 25.1 Å². The molecular formula is C19H22N6O3. The molecule has 0 saturated heterocycles. The molecule has 2 N–H and O–H groups in total. The summed E-state index contributed by atoms with van der Waals surface area (Å²) in [4.78, 5) is 20.2. The number of amides is 1. The number of hydrogen-bond donors (Lipinski definition) is 2. The Morgan fingerprint density at radius 3 is 2.89 bits per heavy atom. The Kier molecular flexibility index (Phi) is 6.40. The van der Waals surface area contributed by atoms with Gasteiger partial charge in [-0.2, -0.15) is 5.10 Å². The highest BCUT2D eigenvalue weighted by atomic mass is 16.5. The Morgan fingerprint density at radius 1 is 1.25 bits per heavy atom. The van der Waals surface area contributed by atoms with E-state index in [1.807, 2.05) is 25.1 Å². The van der Waals surface area contributed by atoms with Gasteiger partial charge in [0.2, 0.25) is 0 Å². The maximum atomic E-state index is 11.5. The zero-order chi connectivity index (χ0) is 19.8. The molecule has 2 aromatic heterocycles. The molecule has 28 heavy (non-hydrogen) atoms. The summed E-state index contributed by atoms with van der Waals surface area (Å²) in [5.74, 6) is 2.15. The van der Waals surface area contributed by atoms with Crippen LogP contribution < -0.4 is 20.1 Å². The Balaban J connectivity index is 1.63. The maximum absolute atomic E-state index is 11.5. The van der Waals surface area contributed by atoms with Crippen LogP contribution in [0.25, 0.3) is 5.82 Å². The van der Waals surface area contributed by atoms with Crippen LogP contribution in [-0.2, 0) is 11.3 Å². The summed E-state index contributed by atoms with van der Waals surface area (Å²) >= 11 is 0. The fourth-order valence-electron chi connectivity index (χ4n) is 2.48. The molecule has 0 aliphatic carbocycles. The van der Waals surface area contributed by atoms with Gasteiger partial charge >= 0.3 is 0 Å². The van der Waals surface area contributed by atoms with Crippen molar-refractivity contribution >= 4 is 11.7 Å². The van der Waals surface area contributed by atoms with Crippen molar-refractivity contribution in [2.75, 3.05) is 25.6 Å². The normalized spacial score (nSPS) is 10.4. The fourth-order valence-corrected chi connectivity index (χ4v) is 2.48. The van der Waals surface area contributed by atoms with Crippen LogP contribution in [0.4, 0.5) is 5.82 Å². The van der Waals surface area contributed by atoms with Gasteiger partial charge in [-0.05, 0) is 30.7 Å². The van der Waals surface area contributed by atoms with Gasteiger partial charge in [-0.3, -0.25) is 9.78 Å². The largest absolute Gasteiger partial charge is 0.493 e. The molecule has 2 heterocycles. The third-order valence-corrected chi connectivity index (χ3v) is 3.80. The van der Waals surface area contributed by atoms with Gasteiger partial charge in [-0.15, -0.1) is 0 Å². The number of ether oxygens (including phenoxy) is 2. The van der Waals surface area contributed by atoms with E-state index in [0.29, 0.717) is 36.2 Å². The Hall–Kier alpha value is -3.62. The zero-order valence-electron chi connectivity index (χ0n) is 15.8. The third-order valence-electron chi connectivity index (χ3n) is 3.80. The van der Waals surface area contributed by atoms with E-state index in [-0.39, 0.29) is 12.5 Å². The lowest BCUT2D eigenvalue weighted by atomic mass is 10.2. The number of benzene rings is 1. The monoisotopic (exact) mass is 382 g/mol. The lowest BCUT2D eigenvalue weighted by Crippen LogP contribution is -2.28. The minimum absolute atomic E-state index is 0.0579. The molecule has 3 aromatic rings. The van der Waals surface area contributed by atoms with Crippen molar-refractivity contribution in [2.24, 2.45) is 0 Å². The van der Waals surface area contributed by atoms with Crippen molar-refractivity contribution < 1.29 is 14.3 Å². The average Bonchev–Trinajstić information content (AvgIpc) is 3.26. The highest BCUT2D eigenvalue weighted by Gasteiger charge is 2.09. The molecule has 0 aliphatic heterocycles. The number of likely N-dealkylation sites (N-methyl/N-ethyl adjacent to an activating group) is 1. The molecule has 9 heteroatoms. The van der Waals surface area contributed by atoms with E-state index in [2.05, 4.69) is 25.7 Å². The molecule has 1 amide bonds. The summed E-state index contributed by atoms with van der Waals surface area (Å²) < 4.78 is 12.5. The summed E-state index contributed by atoms with van der Waals surface area (Å²) in [6.07, 6.45) is 6.78. The minimum Gasteiger partial charge on any atom is -0.493 e. The lowest BCUT2D eigenvalue weighted by molar-refractivity contribution is -0.123. The number of aromatic nitrogens is 4. The molecule has 3 rings (SSSR count). The second-order valence-corrected chi connectivity index (χ2v) is 5.79. The first kappa shape index (κ1) is 19.2. The molecule has 9 nitrogen and oxygen atoms in total. The van der Waals surface area contributed by atoms with Gasteiger partial charge in [0.1, 0.15) is 5.82 Å². The smallest absolute Gasteiger partial charge is 0.257 e. The number of anilines is 1. The van der Waals surface area contributed by atoms with Gasteiger partial charge in [0, 0.05) is 25.5 Å². The summed E-state index contributed by atoms with van der Waals surface area (Å²) in [7, 11) is 1.56. The van der Waals surface area contributed by atoms with Crippen molar-refractivity contribution in [3.8, 4) is 17.3 Å². The molecule has 0 aliphatic rings. The number of carbonyl (C=O) groups excluding carboxylic acids is 1. The second kappa shape index (κ2) is 9.36. The predicted octanol–water partition coefficient (Wildman–Crippen LogP) is 1.80. The first-order valence-corrected chi connectivity index (χ1v) is 8.82. The highest BCUT2D eigenvalue weighted by molar-refractivity contribution is 5.77. The van der Waals surface area contributed by atoms with Crippen LogP contribution in [0.3, 0.4) is 0 Å². The number of rotatable bonds is 9. The van der Waals surface area contributed by atoms with E-state index in [1.165, 1.54) is 0 Å². The van der Waals surface area contributed by atoms with Crippen LogP contribution in [0, 0.1) is 0 Å². The molecule has 0 spiro atoms. The van der Waals surface area contributed by atoms with Crippen molar-refractivity contribution in [1.29, 1.82) is 0 Å². The standard InChI is InChI=1S/C19H22N6O3/c1-3-21-19(26)13-28-15-6-5-14(9-16(15)27-2)10-22-17-11-20-12-18(24-17)25-8-4-7-23-25/h4-9,11-12H,3,10,13H2,1-2H3,(H,21,26)(H,22,24). The summed E-state index contributed by atoms with van der Waals surface area (Å²) in [5, 5.41) is 10.1. The number of methoxy groups -OCH3 is 1. The number of carbonyl (C=O) groups is 1. The van der Waals surface area contributed by atoms with E-state index >= 15 is 0 Å². The van der Waals surface area contributed by atoms with Crippen molar-refractivity contribution in [3.05, 3.63) is 54.6 Å². The molecule has 1 aromatic carbocycles. The van der Waals surface area contributed by atoms with Gasteiger partial charge < -0.3 is 20.1 Å². The molecule has 0 radical (unpaired) electrons. The molecule has 0 saturated carbocycles. The molecule has 0 fully saturated rings. The second-order valence-electron chi connectivity index (χ2n) is 5.79. The minimum atomic E-state index is -0.175. The number of nitrogens with zero attached hydrogens (tertiary/aromatic N) is 4. The molecule has 0 unspecified atom stereocenters. The first-order valence-electron chi connectivity index (χ1n) is 8.82. The quantitative estimate of drug-likeness (QED) is 0.582. The highest BCUT2D eigenvalue weighted by Crippen LogP contribution is 2.28. The molecule has 146 valence electrons. The van der Waals surface area contributed by atoms with E-state index in [1.54, 1.807) is 42.6 Å². The molecular weight excluding hydrogens is 360 g/mol. The van der Waals surface area contributed by atoms with Crippen LogP contribution >= 0.6 is 0 Å². The van der Waals surface area contributed by atoms with Gasteiger partial charge in [-0.1, -0.05) is 6.07 Å². The number of nitrogens with one attached hydrogen (secondary N) is 2. The van der Waals surface area contributed by atoms with Gasteiger partial charge in [0.25, 0.3) is 5.91 Å². The van der Waals surface area contributed by atoms with Gasteiger partial charge in [0.05, 0.1) is 19.5 Å². The SMILES string of the molecule is CCNC(=O)COc1ccc(CNc2cncc(-n3cccn3)n2)cc1OC. The molecule has 0 bridgehead atoms. The fraction of sp³-hybridized carbons (Fsp3) is 0.263. The zero-order valence-corrected chi connectivity index (χ0v) is 15.8. The summed E-state index contributed by atoms with van der Waals surface area (Å²) in [6.45, 7) is 2.88. The first-order chi connectivity index (χ1) is 13.7. The molecule has 0 atom stereocenters. The van der Waals surface area contributed by atoms with Crippen LogP contribution in [0.2, 0.25) is 0 Å². The summed E-state index contributed by atoms with van der Waals surface area (Å²) in [6, 6.07) is 7.35. The van der Waals surface area contributed by atoms with Crippen molar-refractivity contribution in [2.45, 2.75) is 13.5 Å². The van der Waals surface area contributed by atoms with Gasteiger partial charge in [0.15, 0.2) is 23.9 Å². The maximum Gasteiger partial charge on any atom is 0.257 e. The Labute approximate surface area is 162 Å². The van der Waals surface area contributed by atoms with Crippen LogP contribution in [0.5, 0.6) is 11.5 Å². The number of hydrogen-bond acceptors (Lipinski definition) is 7. The predicted molar refractivity (Wildman–Crippen MR) is 104 cm³/mol. The topological polar surface area (TPSA) is 103 Å². The van der Waals surface area contributed by atoms with Gasteiger partial charge in [-0.25, -0.2) is 9.67 Å². The van der Waals surface area contributed by atoms with Crippen molar-refractivity contribution in [3.63, 3.8) is 0 Å². The van der Waals surface area contributed by atoms with E-state index in [0.717, 1.165) is 5.56 Å². The van der Waals surface area contributed by atoms with Crippen LogP contribution in [0.1, 0.15) is 12.5 Å². The summed E-state index contributed by atoms with van der Waals surface area (Å²) in [5.41, 5.74) is 0.966. The van der Waals surface area contributed by atoms with Crippen LogP contribution in [-0.4, -0.2) is 45.9 Å². The van der Waals surface area contributed by atoms with E-state index in [9.17, 15) is 4.79 Å². The third kappa shape index (κ3) is 4.97. The van der Waals surface area contributed by atoms with Crippen LogP contribution in [0.15, 0.2) is 49.1 Å². The Bertz CT molecular complexity index is 914. The van der Waals surface area contributed by atoms with E-state index < -0.39 is 0 Å². The average molecular weight is 382 g/mol. The van der Waals surface area contributed by atoms with E-state index in [4.69, 9.17) is 9.47 Å². The Morgan fingerprint density at radius 2 is 2.14 bits per heavy atom. The lowest BCUT2D eigenvalue weighted by Gasteiger charge is -2.13.